The highest BCUT2D eigenvalue weighted by Gasteiger charge is 2.16. The number of benzene rings is 2. The number of aromatic nitrogens is 2. The summed E-state index contributed by atoms with van der Waals surface area (Å²) in [5, 5.41) is 8.04. The van der Waals surface area contributed by atoms with Gasteiger partial charge in [-0.25, -0.2) is 4.68 Å². The lowest BCUT2D eigenvalue weighted by atomic mass is 10.2. The molecular weight excluding hydrogens is 373 g/mol. The minimum Gasteiger partial charge on any atom is -0.320 e. The van der Waals surface area contributed by atoms with Crippen molar-refractivity contribution in [2.45, 2.75) is 13.8 Å². The van der Waals surface area contributed by atoms with Crippen LogP contribution in [0.5, 0.6) is 0 Å². The second-order valence-electron chi connectivity index (χ2n) is 5.75. The Morgan fingerprint density at radius 2 is 1.77 bits per heavy atom. The van der Waals surface area contributed by atoms with Gasteiger partial charge in [0, 0.05) is 27.5 Å². The van der Waals surface area contributed by atoms with Crippen molar-refractivity contribution in [1.29, 1.82) is 0 Å². The first kappa shape index (κ1) is 18.2. The maximum absolute atomic E-state index is 12.6. The Morgan fingerprint density at radius 3 is 2.46 bits per heavy atom. The number of carbonyl (C=O) groups is 1. The molecule has 2 aromatic carbocycles. The van der Waals surface area contributed by atoms with Crippen LogP contribution in [0.25, 0.3) is 5.69 Å². The molecule has 7 heteroatoms. The van der Waals surface area contributed by atoms with Crippen molar-refractivity contribution >= 4 is 34.8 Å². The van der Waals surface area contributed by atoms with Gasteiger partial charge in [-0.05, 0) is 55.8 Å². The molecule has 26 heavy (non-hydrogen) atoms. The van der Waals surface area contributed by atoms with Gasteiger partial charge in [-0.1, -0.05) is 29.3 Å². The van der Waals surface area contributed by atoms with Crippen LogP contribution in [0.2, 0.25) is 10.0 Å². The van der Waals surface area contributed by atoms with E-state index in [1.807, 2.05) is 0 Å². The van der Waals surface area contributed by atoms with E-state index in [2.05, 4.69) is 10.4 Å². The molecule has 0 atom stereocenters. The van der Waals surface area contributed by atoms with Gasteiger partial charge < -0.3 is 5.32 Å². The standard InChI is InChI=1S/C19H15Cl2N3O2/c1-11-10-17(25)18(23-24(11)14-8-6-13(20)7-9-14)19(26)22-16-5-3-4-15(21)12(16)2/h3-10H,1-2H3,(H,22,26). The average molecular weight is 388 g/mol. The number of hydrogen-bond donors (Lipinski definition) is 1. The molecule has 0 radical (unpaired) electrons. The minimum absolute atomic E-state index is 0.204. The normalized spacial score (nSPS) is 10.6. The quantitative estimate of drug-likeness (QED) is 0.723. The summed E-state index contributed by atoms with van der Waals surface area (Å²) in [6, 6.07) is 13.5. The molecule has 0 spiro atoms. The van der Waals surface area contributed by atoms with Crippen molar-refractivity contribution in [3.8, 4) is 5.69 Å². The van der Waals surface area contributed by atoms with Gasteiger partial charge in [0.2, 0.25) is 5.43 Å². The first-order valence-electron chi connectivity index (χ1n) is 7.80. The highest BCUT2D eigenvalue weighted by molar-refractivity contribution is 6.31. The third-order valence-electron chi connectivity index (χ3n) is 3.91. The van der Waals surface area contributed by atoms with Gasteiger partial charge in [-0.3, -0.25) is 9.59 Å². The van der Waals surface area contributed by atoms with Crippen molar-refractivity contribution < 1.29 is 4.79 Å². The number of aryl methyl sites for hydroxylation is 1. The molecule has 0 aliphatic rings. The number of nitrogens with zero attached hydrogens (tertiary/aromatic N) is 2. The molecule has 1 amide bonds. The largest absolute Gasteiger partial charge is 0.320 e. The molecule has 0 bridgehead atoms. The molecule has 3 rings (SSSR count). The van der Waals surface area contributed by atoms with Gasteiger partial charge in [0.15, 0.2) is 5.69 Å². The fourth-order valence-electron chi connectivity index (χ4n) is 2.47. The Kier molecular flexibility index (Phi) is 5.11. The zero-order valence-electron chi connectivity index (χ0n) is 14.1. The van der Waals surface area contributed by atoms with E-state index in [0.717, 1.165) is 0 Å². The summed E-state index contributed by atoms with van der Waals surface area (Å²) in [6.45, 7) is 3.53. The Hall–Kier alpha value is -2.63. The molecule has 1 aromatic heterocycles. The fourth-order valence-corrected chi connectivity index (χ4v) is 2.77. The number of anilines is 1. The zero-order chi connectivity index (χ0) is 18.8. The zero-order valence-corrected chi connectivity index (χ0v) is 15.6. The van der Waals surface area contributed by atoms with Gasteiger partial charge in [-0.2, -0.15) is 5.10 Å². The summed E-state index contributed by atoms with van der Waals surface area (Å²) in [5.41, 5.74) is 1.89. The number of halogens is 2. The van der Waals surface area contributed by atoms with Crippen LogP contribution in [0.3, 0.4) is 0 Å². The van der Waals surface area contributed by atoms with Gasteiger partial charge in [0.25, 0.3) is 5.91 Å². The highest BCUT2D eigenvalue weighted by atomic mass is 35.5. The Bertz CT molecular complexity index is 1040. The molecule has 0 aliphatic carbocycles. The van der Waals surface area contributed by atoms with E-state index in [1.165, 1.54) is 10.7 Å². The van der Waals surface area contributed by atoms with Crippen LogP contribution in [-0.4, -0.2) is 15.7 Å². The summed E-state index contributed by atoms with van der Waals surface area (Å²) in [7, 11) is 0. The van der Waals surface area contributed by atoms with Gasteiger partial charge in [-0.15, -0.1) is 0 Å². The molecule has 5 nitrogen and oxygen atoms in total. The molecule has 0 aliphatic heterocycles. The SMILES string of the molecule is Cc1c(Cl)cccc1NC(=O)c1nn(-c2ccc(Cl)cc2)c(C)cc1=O. The van der Waals surface area contributed by atoms with Crippen molar-refractivity contribution in [3.63, 3.8) is 0 Å². The minimum atomic E-state index is -0.594. The lowest BCUT2D eigenvalue weighted by molar-refractivity contribution is 0.101. The van der Waals surface area contributed by atoms with Crippen LogP contribution in [-0.2, 0) is 0 Å². The van der Waals surface area contributed by atoms with Crippen molar-refractivity contribution in [1.82, 2.24) is 9.78 Å². The predicted octanol–water partition coefficient (Wildman–Crippen LogP) is 4.41. The smallest absolute Gasteiger partial charge is 0.280 e. The lowest BCUT2D eigenvalue weighted by Gasteiger charge is -2.12. The lowest BCUT2D eigenvalue weighted by Crippen LogP contribution is -2.27. The third-order valence-corrected chi connectivity index (χ3v) is 4.57. The van der Waals surface area contributed by atoms with E-state index in [9.17, 15) is 9.59 Å². The summed E-state index contributed by atoms with van der Waals surface area (Å²) in [5.74, 6) is -0.594. The molecule has 3 aromatic rings. The van der Waals surface area contributed by atoms with Crippen LogP contribution in [0, 0.1) is 13.8 Å². The van der Waals surface area contributed by atoms with E-state index >= 15 is 0 Å². The van der Waals surface area contributed by atoms with Crippen molar-refractivity contribution in [3.05, 3.63) is 85.8 Å². The van der Waals surface area contributed by atoms with E-state index in [0.29, 0.717) is 32.7 Å². The topological polar surface area (TPSA) is 64.0 Å². The molecule has 132 valence electrons. The molecular formula is C19H15Cl2N3O2. The van der Waals surface area contributed by atoms with Gasteiger partial charge in [0.05, 0.1) is 5.69 Å². The van der Waals surface area contributed by atoms with Crippen molar-refractivity contribution in [2.75, 3.05) is 5.32 Å². The summed E-state index contributed by atoms with van der Waals surface area (Å²) < 4.78 is 1.53. The van der Waals surface area contributed by atoms with Crippen LogP contribution in [0.4, 0.5) is 5.69 Å². The van der Waals surface area contributed by atoms with Crippen LogP contribution < -0.4 is 10.7 Å². The second kappa shape index (κ2) is 7.32. The summed E-state index contributed by atoms with van der Waals surface area (Å²) in [6.07, 6.45) is 0. The molecule has 0 saturated heterocycles. The summed E-state index contributed by atoms with van der Waals surface area (Å²) >= 11 is 12.0. The first-order chi connectivity index (χ1) is 12.4. The molecule has 0 fully saturated rings. The second-order valence-corrected chi connectivity index (χ2v) is 6.60. The van der Waals surface area contributed by atoms with E-state index in [4.69, 9.17) is 23.2 Å². The van der Waals surface area contributed by atoms with Crippen LogP contribution >= 0.6 is 23.2 Å². The highest BCUT2D eigenvalue weighted by Crippen LogP contribution is 2.23. The third kappa shape index (κ3) is 3.64. The Labute approximate surface area is 160 Å². The van der Waals surface area contributed by atoms with E-state index in [-0.39, 0.29) is 5.69 Å². The number of nitrogens with one attached hydrogen (secondary N) is 1. The average Bonchev–Trinajstić information content (AvgIpc) is 2.60. The Morgan fingerprint density at radius 1 is 1.08 bits per heavy atom. The van der Waals surface area contributed by atoms with E-state index < -0.39 is 11.3 Å². The van der Waals surface area contributed by atoms with E-state index in [1.54, 1.807) is 56.3 Å². The maximum atomic E-state index is 12.6. The Balaban J connectivity index is 2.00. The van der Waals surface area contributed by atoms with Gasteiger partial charge in [0.1, 0.15) is 0 Å². The van der Waals surface area contributed by atoms with Gasteiger partial charge >= 0.3 is 0 Å². The van der Waals surface area contributed by atoms with Crippen LogP contribution in [0.1, 0.15) is 21.7 Å². The number of carbonyl (C=O) groups excluding carboxylic acids is 1. The number of amides is 1. The first-order valence-corrected chi connectivity index (χ1v) is 8.56. The van der Waals surface area contributed by atoms with Crippen molar-refractivity contribution in [2.24, 2.45) is 0 Å². The monoisotopic (exact) mass is 387 g/mol. The molecule has 0 unspecified atom stereocenters. The molecule has 1 heterocycles. The maximum Gasteiger partial charge on any atom is 0.280 e. The summed E-state index contributed by atoms with van der Waals surface area (Å²) in [4.78, 5) is 24.9. The molecule has 0 saturated carbocycles. The van der Waals surface area contributed by atoms with Crippen LogP contribution in [0.15, 0.2) is 53.3 Å². The molecule has 1 N–H and O–H groups in total. The predicted molar refractivity (Wildman–Crippen MR) is 104 cm³/mol. The fraction of sp³-hybridized carbons (Fsp3) is 0.105. The number of rotatable bonds is 3. The number of hydrogen-bond acceptors (Lipinski definition) is 3.